The number of likely N-dealkylation sites (tertiary alicyclic amines) is 1. The number of nitriles is 1. The number of benzene rings is 1. The van der Waals surface area contributed by atoms with Crippen LogP contribution < -0.4 is 4.74 Å². The van der Waals surface area contributed by atoms with Gasteiger partial charge in [-0.05, 0) is 30.9 Å². The van der Waals surface area contributed by atoms with Gasteiger partial charge in [-0.15, -0.1) is 0 Å². The lowest BCUT2D eigenvalue weighted by Crippen LogP contribution is -2.40. The van der Waals surface area contributed by atoms with E-state index in [-0.39, 0.29) is 12.5 Å². The van der Waals surface area contributed by atoms with Gasteiger partial charge in [0, 0.05) is 13.1 Å². The fourth-order valence-electron chi connectivity index (χ4n) is 2.51. The van der Waals surface area contributed by atoms with Gasteiger partial charge in [-0.25, -0.2) is 0 Å². The molecule has 1 saturated heterocycles. The summed E-state index contributed by atoms with van der Waals surface area (Å²) in [5, 5.41) is 8.96. The Morgan fingerprint density at radius 1 is 1.40 bits per heavy atom. The van der Waals surface area contributed by atoms with Crippen molar-refractivity contribution in [1.29, 1.82) is 5.26 Å². The minimum atomic E-state index is 0.00676. The Labute approximate surface area is 120 Å². The van der Waals surface area contributed by atoms with Crippen LogP contribution in [0.2, 0.25) is 0 Å². The van der Waals surface area contributed by atoms with E-state index in [0.29, 0.717) is 11.3 Å². The van der Waals surface area contributed by atoms with Crippen molar-refractivity contribution in [3.8, 4) is 11.8 Å². The molecule has 0 spiro atoms. The number of para-hydroxylation sites is 1. The smallest absolute Gasteiger partial charge is 0.260 e. The van der Waals surface area contributed by atoms with Crippen LogP contribution >= 0.6 is 0 Å². The summed E-state index contributed by atoms with van der Waals surface area (Å²) in [6.07, 6.45) is 3.35. The molecule has 0 unspecified atom stereocenters. The molecular formula is C16H20N2O2. The molecule has 4 nitrogen and oxygen atoms in total. The van der Waals surface area contributed by atoms with Crippen LogP contribution in [0.5, 0.6) is 5.75 Å². The fourth-order valence-corrected chi connectivity index (χ4v) is 2.51. The third kappa shape index (κ3) is 3.51. The van der Waals surface area contributed by atoms with Crippen LogP contribution in [0.25, 0.3) is 0 Å². The first kappa shape index (κ1) is 14.4. The molecule has 0 saturated carbocycles. The number of amides is 1. The number of hydrogen-bond donors (Lipinski definition) is 0. The Morgan fingerprint density at radius 2 is 2.10 bits per heavy atom. The molecule has 106 valence electrons. The highest BCUT2D eigenvalue weighted by atomic mass is 16.5. The molecule has 0 bridgehead atoms. The molecule has 1 heterocycles. The second kappa shape index (κ2) is 6.95. The lowest BCUT2D eigenvalue weighted by Gasteiger charge is -2.31. The number of rotatable bonds is 4. The van der Waals surface area contributed by atoms with E-state index < -0.39 is 0 Å². The van der Waals surface area contributed by atoms with Crippen LogP contribution in [-0.2, 0) is 4.79 Å². The van der Waals surface area contributed by atoms with Gasteiger partial charge in [0.25, 0.3) is 5.91 Å². The van der Waals surface area contributed by atoms with Crippen LogP contribution in [0.3, 0.4) is 0 Å². The maximum Gasteiger partial charge on any atom is 0.260 e. The highest BCUT2D eigenvalue weighted by Gasteiger charge is 2.22. The maximum atomic E-state index is 12.1. The Hall–Kier alpha value is -2.02. The van der Waals surface area contributed by atoms with Gasteiger partial charge in [0.1, 0.15) is 11.8 Å². The van der Waals surface area contributed by atoms with E-state index in [2.05, 4.69) is 13.0 Å². The Balaban J connectivity index is 1.85. The van der Waals surface area contributed by atoms with Crippen molar-refractivity contribution < 1.29 is 9.53 Å². The lowest BCUT2D eigenvalue weighted by molar-refractivity contribution is -0.134. The topological polar surface area (TPSA) is 53.3 Å². The third-order valence-electron chi connectivity index (χ3n) is 3.90. The highest BCUT2D eigenvalue weighted by Crippen LogP contribution is 2.20. The van der Waals surface area contributed by atoms with Gasteiger partial charge in [-0.2, -0.15) is 5.26 Å². The molecule has 0 N–H and O–H groups in total. The van der Waals surface area contributed by atoms with Crippen molar-refractivity contribution in [2.75, 3.05) is 19.7 Å². The molecule has 0 atom stereocenters. The van der Waals surface area contributed by atoms with Crippen LogP contribution in [0.15, 0.2) is 24.3 Å². The van der Waals surface area contributed by atoms with Gasteiger partial charge in [0.05, 0.1) is 5.56 Å². The predicted octanol–water partition coefficient (Wildman–Crippen LogP) is 2.59. The Kier molecular flexibility index (Phi) is 5.00. The molecule has 2 rings (SSSR count). The van der Waals surface area contributed by atoms with Gasteiger partial charge in [-0.1, -0.05) is 25.5 Å². The van der Waals surface area contributed by atoms with Crippen LogP contribution in [0.1, 0.15) is 31.7 Å². The van der Waals surface area contributed by atoms with Gasteiger partial charge < -0.3 is 9.64 Å². The number of carbonyl (C=O) groups excluding carboxylic acids is 1. The summed E-state index contributed by atoms with van der Waals surface area (Å²) in [6.45, 7) is 3.85. The summed E-state index contributed by atoms with van der Waals surface area (Å²) in [5.74, 6) is 1.23. The molecule has 0 aliphatic carbocycles. The summed E-state index contributed by atoms with van der Waals surface area (Å²) in [7, 11) is 0. The fraction of sp³-hybridized carbons (Fsp3) is 0.500. The van der Waals surface area contributed by atoms with E-state index in [1.54, 1.807) is 24.3 Å². The second-order valence-electron chi connectivity index (χ2n) is 5.13. The first-order valence-corrected chi connectivity index (χ1v) is 7.14. The van der Waals surface area contributed by atoms with Crippen molar-refractivity contribution >= 4 is 5.91 Å². The summed E-state index contributed by atoms with van der Waals surface area (Å²) in [4.78, 5) is 13.9. The van der Waals surface area contributed by atoms with E-state index in [9.17, 15) is 4.79 Å². The third-order valence-corrected chi connectivity index (χ3v) is 3.90. The number of hydrogen-bond acceptors (Lipinski definition) is 3. The molecule has 4 heteroatoms. The van der Waals surface area contributed by atoms with Gasteiger partial charge in [-0.3, -0.25) is 4.79 Å². The monoisotopic (exact) mass is 272 g/mol. The first-order chi connectivity index (χ1) is 9.74. The summed E-state index contributed by atoms with van der Waals surface area (Å²) >= 11 is 0. The maximum absolute atomic E-state index is 12.1. The zero-order chi connectivity index (χ0) is 14.4. The molecule has 1 fully saturated rings. The molecule has 1 aliphatic heterocycles. The van der Waals surface area contributed by atoms with Crippen LogP contribution in [0.4, 0.5) is 0 Å². The standard InChI is InChI=1S/C16H20N2O2/c1-2-13-7-9-18(10-8-13)16(19)12-20-15-6-4-3-5-14(15)11-17/h3-6,13H,2,7-10,12H2,1H3. The molecule has 1 aromatic carbocycles. The normalized spacial score (nSPS) is 15.7. The van der Waals surface area contributed by atoms with Crippen LogP contribution in [0, 0.1) is 17.2 Å². The molecule has 1 aromatic rings. The van der Waals surface area contributed by atoms with E-state index in [1.165, 1.54) is 6.42 Å². The Morgan fingerprint density at radius 3 is 2.75 bits per heavy atom. The minimum absolute atomic E-state index is 0.00676. The van der Waals surface area contributed by atoms with Gasteiger partial charge >= 0.3 is 0 Å². The number of carbonyl (C=O) groups is 1. The van der Waals surface area contributed by atoms with Crippen molar-refractivity contribution in [3.63, 3.8) is 0 Å². The molecule has 20 heavy (non-hydrogen) atoms. The first-order valence-electron chi connectivity index (χ1n) is 7.14. The minimum Gasteiger partial charge on any atom is -0.482 e. The summed E-state index contributed by atoms with van der Waals surface area (Å²) < 4.78 is 5.48. The molecular weight excluding hydrogens is 252 g/mol. The SMILES string of the molecule is CCC1CCN(C(=O)COc2ccccc2C#N)CC1. The Bertz CT molecular complexity index is 499. The number of piperidine rings is 1. The van der Waals surface area contributed by atoms with Gasteiger partial charge in [0.15, 0.2) is 6.61 Å². The second-order valence-corrected chi connectivity index (χ2v) is 5.13. The molecule has 1 amide bonds. The van der Waals surface area contributed by atoms with Gasteiger partial charge in [0.2, 0.25) is 0 Å². The summed E-state index contributed by atoms with van der Waals surface area (Å²) in [6, 6.07) is 9.05. The zero-order valence-corrected chi connectivity index (χ0v) is 11.8. The molecule has 1 aliphatic rings. The average Bonchev–Trinajstić information content (AvgIpc) is 2.53. The zero-order valence-electron chi connectivity index (χ0n) is 11.8. The summed E-state index contributed by atoms with van der Waals surface area (Å²) in [5.41, 5.74) is 0.463. The highest BCUT2D eigenvalue weighted by molar-refractivity contribution is 5.78. The van der Waals surface area contributed by atoms with Crippen molar-refractivity contribution in [2.45, 2.75) is 26.2 Å². The van der Waals surface area contributed by atoms with E-state index in [0.717, 1.165) is 31.8 Å². The number of ether oxygens (including phenoxy) is 1. The molecule has 0 aromatic heterocycles. The quantitative estimate of drug-likeness (QED) is 0.846. The largest absolute Gasteiger partial charge is 0.482 e. The van der Waals surface area contributed by atoms with E-state index >= 15 is 0 Å². The van der Waals surface area contributed by atoms with Crippen molar-refractivity contribution in [1.82, 2.24) is 4.90 Å². The average molecular weight is 272 g/mol. The molecule has 0 radical (unpaired) electrons. The van der Waals surface area contributed by atoms with E-state index in [4.69, 9.17) is 10.00 Å². The van der Waals surface area contributed by atoms with Crippen molar-refractivity contribution in [2.24, 2.45) is 5.92 Å². The van der Waals surface area contributed by atoms with E-state index in [1.807, 2.05) is 4.90 Å². The van der Waals surface area contributed by atoms with Crippen LogP contribution in [-0.4, -0.2) is 30.5 Å². The van der Waals surface area contributed by atoms with Crippen molar-refractivity contribution in [3.05, 3.63) is 29.8 Å². The predicted molar refractivity (Wildman–Crippen MR) is 76.2 cm³/mol. The number of nitrogens with zero attached hydrogens (tertiary/aromatic N) is 2. The lowest BCUT2D eigenvalue weighted by atomic mass is 9.94.